The monoisotopic (exact) mass is 334 g/mol. The van der Waals surface area contributed by atoms with Gasteiger partial charge in [-0.15, -0.1) is 0 Å². The van der Waals surface area contributed by atoms with E-state index in [0.717, 1.165) is 5.75 Å². The second-order valence-corrected chi connectivity index (χ2v) is 6.65. The van der Waals surface area contributed by atoms with Crippen molar-refractivity contribution in [2.45, 2.75) is 0 Å². The van der Waals surface area contributed by atoms with Crippen molar-refractivity contribution in [3.8, 4) is 16.9 Å². The molecule has 0 radical (unpaired) electrons. The molecule has 0 unspecified atom stereocenters. The van der Waals surface area contributed by atoms with E-state index >= 15 is 0 Å². The Kier molecular flexibility index (Phi) is 3.39. The maximum Gasteiger partial charge on any atom is 0.118 e. The third kappa shape index (κ3) is 2.41. The van der Waals surface area contributed by atoms with Crippen LogP contribution in [0, 0.1) is 0 Å². The van der Waals surface area contributed by atoms with E-state index in [1.165, 1.54) is 43.4 Å². The first-order valence-electron chi connectivity index (χ1n) is 8.81. The lowest BCUT2D eigenvalue weighted by molar-refractivity contribution is 0.415. The molecule has 0 heterocycles. The Balaban J connectivity index is 1.78. The first kappa shape index (κ1) is 15.0. The van der Waals surface area contributed by atoms with Gasteiger partial charge in [0.1, 0.15) is 5.75 Å². The highest BCUT2D eigenvalue weighted by Crippen LogP contribution is 2.34. The van der Waals surface area contributed by atoms with Crippen molar-refractivity contribution < 1.29 is 4.74 Å². The fourth-order valence-corrected chi connectivity index (χ4v) is 3.74. The Morgan fingerprint density at radius 2 is 1.15 bits per heavy atom. The zero-order valence-corrected chi connectivity index (χ0v) is 14.6. The van der Waals surface area contributed by atoms with E-state index in [-0.39, 0.29) is 0 Å². The van der Waals surface area contributed by atoms with Gasteiger partial charge in [0.25, 0.3) is 0 Å². The molecule has 5 aromatic carbocycles. The van der Waals surface area contributed by atoms with E-state index in [0.29, 0.717) is 0 Å². The van der Waals surface area contributed by atoms with Gasteiger partial charge in [0.2, 0.25) is 0 Å². The highest BCUT2D eigenvalue weighted by atomic mass is 16.5. The summed E-state index contributed by atoms with van der Waals surface area (Å²) in [6, 6.07) is 32.5. The SMILES string of the molecule is COc1ccc(-c2cccc3cc4cc5ccccc5cc4cc23)cc1. The van der Waals surface area contributed by atoms with Gasteiger partial charge in [-0.25, -0.2) is 0 Å². The predicted molar refractivity (Wildman–Crippen MR) is 111 cm³/mol. The molecule has 0 atom stereocenters. The number of hydrogen-bond acceptors (Lipinski definition) is 1. The van der Waals surface area contributed by atoms with Crippen molar-refractivity contribution in [3.05, 3.63) is 91.0 Å². The van der Waals surface area contributed by atoms with Gasteiger partial charge in [0, 0.05) is 0 Å². The number of fused-ring (bicyclic) bond motifs is 3. The molecule has 0 bridgehead atoms. The van der Waals surface area contributed by atoms with Crippen LogP contribution in [0.2, 0.25) is 0 Å². The fraction of sp³-hybridized carbons (Fsp3) is 0.0400. The van der Waals surface area contributed by atoms with E-state index in [1.54, 1.807) is 7.11 Å². The van der Waals surface area contributed by atoms with Crippen LogP contribution in [-0.4, -0.2) is 7.11 Å². The topological polar surface area (TPSA) is 9.23 Å². The van der Waals surface area contributed by atoms with Gasteiger partial charge < -0.3 is 4.74 Å². The average molecular weight is 334 g/mol. The molecule has 5 aromatic rings. The molecule has 0 amide bonds. The second-order valence-electron chi connectivity index (χ2n) is 6.65. The van der Waals surface area contributed by atoms with E-state index in [9.17, 15) is 0 Å². The summed E-state index contributed by atoms with van der Waals surface area (Å²) in [7, 11) is 1.70. The molecule has 0 fully saturated rings. The standard InChI is InChI=1S/C25H18O/c1-26-23-11-9-17(10-12-23)24-8-4-7-20-15-21-13-18-5-2-3-6-19(18)14-22(21)16-25(20)24/h2-16H,1H3. The maximum atomic E-state index is 5.29. The van der Waals surface area contributed by atoms with Crippen molar-refractivity contribution in [2.24, 2.45) is 0 Å². The predicted octanol–water partition coefficient (Wildman–Crippen LogP) is 6.82. The molecule has 124 valence electrons. The summed E-state index contributed by atoms with van der Waals surface area (Å²) < 4.78 is 5.29. The minimum Gasteiger partial charge on any atom is -0.497 e. The minimum absolute atomic E-state index is 0.880. The van der Waals surface area contributed by atoms with Crippen molar-refractivity contribution in [2.75, 3.05) is 7.11 Å². The lowest BCUT2D eigenvalue weighted by atomic mass is 9.94. The lowest BCUT2D eigenvalue weighted by Crippen LogP contribution is -1.85. The Hall–Kier alpha value is -3.32. The summed E-state index contributed by atoms with van der Waals surface area (Å²) in [4.78, 5) is 0. The number of rotatable bonds is 2. The average Bonchev–Trinajstić information content (AvgIpc) is 2.70. The minimum atomic E-state index is 0.880. The third-order valence-electron chi connectivity index (χ3n) is 5.10. The van der Waals surface area contributed by atoms with Gasteiger partial charge in [-0.2, -0.15) is 0 Å². The molecule has 0 aliphatic carbocycles. The van der Waals surface area contributed by atoms with Crippen LogP contribution in [-0.2, 0) is 0 Å². The van der Waals surface area contributed by atoms with Gasteiger partial charge in [-0.3, -0.25) is 0 Å². The van der Waals surface area contributed by atoms with E-state index < -0.39 is 0 Å². The lowest BCUT2D eigenvalue weighted by Gasteiger charge is -2.10. The third-order valence-corrected chi connectivity index (χ3v) is 5.10. The van der Waals surface area contributed by atoms with Crippen LogP contribution < -0.4 is 4.74 Å². The normalized spacial score (nSPS) is 11.3. The molecule has 0 saturated heterocycles. The molecule has 0 saturated carbocycles. The van der Waals surface area contributed by atoms with Crippen molar-refractivity contribution in [3.63, 3.8) is 0 Å². The van der Waals surface area contributed by atoms with E-state index in [4.69, 9.17) is 4.74 Å². The summed E-state index contributed by atoms with van der Waals surface area (Å²) >= 11 is 0. The van der Waals surface area contributed by atoms with Crippen LogP contribution in [0.4, 0.5) is 0 Å². The second kappa shape index (κ2) is 5.89. The summed E-state index contributed by atoms with van der Waals surface area (Å²) in [5, 5.41) is 7.66. The molecule has 1 heteroatoms. The number of methoxy groups -OCH3 is 1. The Morgan fingerprint density at radius 3 is 1.85 bits per heavy atom. The molecular weight excluding hydrogens is 316 g/mol. The molecule has 0 N–H and O–H groups in total. The Bertz CT molecular complexity index is 1250. The molecule has 26 heavy (non-hydrogen) atoms. The summed E-state index contributed by atoms with van der Waals surface area (Å²) in [5.74, 6) is 0.880. The Morgan fingerprint density at radius 1 is 0.538 bits per heavy atom. The largest absolute Gasteiger partial charge is 0.497 e. The van der Waals surface area contributed by atoms with Crippen LogP contribution >= 0.6 is 0 Å². The highest BCUT2D eigenvalue weighted by molar-refractivity contribution is 6.08. The quantitative estimate of drug-likeness (QED) is 0.322. The van der Waals surface area contributed by atoms with E-state index in [2.05, 4.69) is 78.9 Å². The first-order chi connectivity index (χ1) is 12.8. The summed E-state index contributed by atoms with van der Waals surface area (Å²) in [5.41, 5.74) is 2.46. The summed E-state index contributed by atoms with van der Waals surface area (Å²) in [6.07, 6.45) is 0. The van der Waals surface area contributed by atoms with Gasteiger partial charge in [-0.05, 0) is 79.8 Å². The van der Waals surface area contributed by atoms with Gasteiger partial charge in [0.05, 0.1) is 7.11 Å². The zero-order chi connectivity index (χ0) is 17.5. The number of ether oxygens (including phenoxy) is 1. The van der Waals surface area contributed by atoms with Gasteiger partial charge >= 0.3 is 0 Å². The fourth-order valence-electron chi connectivity index (χ4n) is 3.74. The molecule has 0 aromatic heterocycles. The zero-order valence-electron chi connectivity index (χ0n) is 14.6. The van der Waals surface area contributed by atoms with Crippen LogP contribution in [0.15, 0.2) is 91.0 Å². The van der Waals surface area contributed by atoms with Crippen LogP contribution in [0.5, 0.6) is 5.75 Å². The first-order valence-corrected chi connectivity index (χ1v) is 8.81. The van der Waals surface area contributed by atoms with Crippen molar-refractivity contribution in [1.29, 1.82) is 0 Å². The van der Waals surface area contributed by atoms with Crippen molar-refractivity contribution >= 4 is 32.3 Å². The smallest absolute Gasteiger partial charge is 0.118 e. The molecule has 0 spiro atoms. The molecule has 0 aliphatic heterocycles. The molecule has 5 rings (SSSR count). The molecular formula is C25H18O. The molecule has 0 aliphatic rings. The highest BCUT2D eigenvalue weighted by Gasteiger charge is 2.07. The van der Waals surface area contributed by atoms with Gasteiger partial charge in [0.15, 0.2) is 0 Å². The maximum absolute atomic E-state index is 5.29. The van der Waals surface area contributed by atoms with Crippen LogP contribution in [0.25, 0.3) is 43.4 Å². The number of benzene rings is 5. The van der Waals surface area contributed by atoms with Gasteiger partial charge in [-0.1, -0.05) is 54.6 Å². The van der Waals surface area contributed by atoms with E-state index in [1.807, 2.05) is 12.1 Å². The Labute approximate surface area is 152 Å². The number of hydrogen-bond donors (Lipinski definition) is 0. The van der Waals surface area contributed by atoms with Crippen LogP contribution in [0.3, 0.4) is 0 Å². The summed E-state index contributed by atoms with van der Waals surface area (Å²) in [6.45, 7) is 0. The van der Waals surface area contributed by atoms with Crippen LogP contribution in [0.1, 0.15) is 0 Å². The van der Waals surface area contributed by atoms with Crippen molar-refractivity contribution in [1.82, 2.24) is 0 Å². The molecule has 1 nitrogen and oxygen atoms in total.